The summed E-state index contributed by atoms with van der Waals surface area (Å²) in [6.07, 6.45) is 0. The Hall–Kier alpha value is -3.31. The highest BCUT2D eigenvalue weighted by Gasteiger charge is 2.23. The summed E-state index contributed by atoms with van der Waals surface area (Å²) in [6, 6.07) is 10.5. The summed E-state index contributed by atoms with van der Waals surface area (Å²) in [5, 5.41) is 2.52. The zero-order chi connectivity index (χ0) is 24.6. The first-order valence-electron chi connectivity index (χ1n) is 10.1. The molecule has 0 aliphatic rings. The van der Waals surface area contributed by atoms with Crippen molar-refractivity contribution in [2.75, 3.05) is 38.6 Å². The van der Waals surface area contributed by atoms with E-state index in [0.717, 1.165) is 4.90 Å². The zero-order valence-electron chi connectivity index (χ0n) is 18.6. The van der Waals surface area contributed by atoms with Crippen molar-refractivity contribution in [3.63, 3.8) is 0 Å². The minimum atomic E-state index is -3.76. The summed E-state index contributed by atoms with van der Waals surface area (Å²) in [4.78, 5) is 37.6. The fourth-order valence-corrected chi connectivity index (χ4v) is 4.36. The van der Waals surface area contributed by atoms with Crippen LogP contribution < -0.4 is 5.32 Å². The Morgan fingerprint density at radius 1 is 1.03 bits per heavy atom. The van der Waals surface area contributed by atoms with Gasteiger partial charge in [0.1, 0.15) is 5.82 Å². The lowest BCUT2D eigenvalue weighted by Crippen LogP contribution is -2.37. The first kappa shape index (κ1) is 25.9. The van der Waals surface area contributed by atoms with Crippen LogP contribution in [-0.2, 0) is 24.3 Å². The van der Waals surface area contributed by atoms with Crippen LogP contribution in [0, 0.1) is 5.82 Å². The van der Waals surface area contributed by atoms with Gasteiger partial charge >= 0.3 is 5.97 Å². The van der Waals surface area contributed by atoms with E-state index in [-0.39, 0.29) is 30.1 Å². The molecular weight excluding hydrogens is 453 g/mol. The smallest absolute Gasteiger partial charge is 0.338 e. The van der Waals surface area contributed by atoms with Gasteiger partial charge in [-0.3, -0.25) is 9.59 Å². The van der Waals surface area contributed by atoms with Crippen molar-refractivity contribution < 1.29 is 31.9 Å². The summed E-state index contributed by atoms with van der Waals surface area (Å²) in [5.41, 5.74) is 0.348. The van der Waals surface area contributed by atoms with E-state index in [1.165, 1.54) is 59.9 Å². The maximum Gasteiger partial charge on any atom is 0.338 e. The third-order valence-electron chi connectivity index (χ3n) is 4.67. The Bertz CT molecular complexity index is 1100. The molecule has 2 rings (SSSR count). The van der Waals surface area contributed by atoms with E-state index in [1.807, 2.05) is 0 Å². The largest absolute Gasteiger partial charge is 0.452 e. The molecule has 0 radical (unpaired) electrons. The number of ether oxygens (including phenoxy) is 1. The molecule has 0 atom stereocenters. The van der Waals surface area contributed by atoms with Crippen molar-refractivity contribution in [1.29, 1.82) is 0 Å². The van der Waals surface area contributed by atoms with Gasteiger partial charge in [0.25, 0.3) is 5.91 Å². The van der Waals surface area contributed by atoms with Gasteiger partial charge in [0.15, 0.2) is 6.61 Å². The topological polar surface area (TPSA) is 113 Å². The molecule has 1 N–H and O–H groups in total. The predicted molar refractivity (Wildman–Crippen MR) is 119 cm³/mol. The second kappa shape index (κ2) is 11.5. The summed E-state index contributed by atoms with van der Waals surface area (Å²) >= 11 is 0. The maximum absolute atomic E-state index is 12.9. The summed E-state index contributed by atoms with van der Waals surface area (Å²) in [7, 11) is -2.40. The molecule has 9 nitrogen and oxygen atoms in total. The molecule has 0 bridgehead atoms. The number of benzene rings is 2. The third kappa shape index (κ3) is 7.09. The Labute approximate surface area is 192 Å². The molecule has 2 aromatic rings. The van der Waals surface area contributed by atoms with Crippen molar-refractivity contribution in [3.05, 3.63) is 59.9 Å². The van der Waals surface area contributed by atoms with E-state index < -0.39 is 40.2 Å². The first-order chi connectivity index (χ1) is 15.6. The van der Waals surface area contributed by atoms with Gasteiger partial charge < -0.3 is 15.0 Å². The Balaban J connectivity index is 1.93. The number of carbonyl (C=O) groups is 3. The highest BCUT2D eigenvalue weighted by atomic mass is 32.2. The number of nitrogens with one attached hydrogen (secondary N) is 1. The van der Waals surface area contributed by atoms with Crippen LogP contribution in [-0.4, -0.2) is 68.7 Å². The zero-order valence-corrected chi connectivity index (χ0v) is 19.4. The molecule has 0 saturated carbocycles. The number of amides is 2. The summed E-state index contributed by atoms with van der Waals surface area (Å²) in [5.74, 6) is -2.47. The van der Waals surface area contributed by atoms with Crippen LogP contribution in [0.4, 0.5) is 10.1 Å². The van der Waals surface area contributed by atoms with Gasteiger partial charge in [-0.05, 0) is 42.5 Å². The van der Waals surface area contributed by atoms with Gasteiger partial charge in [-0.1, -0.05) is 19.9 Å². The number of anilines is 1. The number of likely N-dealkylation sites (N-methyl/N-ethyl adjacent to an activating group) is 1. The predicted octanol–water partition coefficient (Wildman–Crippen LogP) is 2.11. The molecule has 2 amide bonds. The average molecular weight is 480 g/mol. The SMILES string of the molecule is CCN(CC)S(=O)(=O)c1cccc(C(=O)OCC(=O)N(C)CC(=O)Nc2ccc(F)cc2)c1. The number of hydrogen-bond acceptors (Lipinski definition) is 6. The summed E-state index contributed by atoms with van der Waals surface area (Å²) in [6.45, 7) is 3.03. The van der Waals surface area contributed by atoms with Gasteiger partial charge in [0.05, 0.1) is 17.0 Å². The average Bonchev–Trinajstić information content (AvgIpc) is 2.79. The first-order valence-corrected chi connectivity index (χ1v) is 11.6. The Morgan fingerprint density at radius 2 is 1.67 bits per heavy atom. The molecule has 0 aromatic heterocycles. The number of carbonyl (C=O) groups excluding carboxylic acids is 3. The fourth-order valence-electron chi connectivity index (χ4n) is 2.85. The van der Waals surface area contributed by atoms with Gasteiger partial charge in [-0.25, -0.2) is 17.6 Å². The van der Waals surface area contributed by atoms with E-state index in [1.54, 1.807) is 13.8 Å². The molecule has 33 heavy (non-hydrogen) atoms. The monoisotopic (exact) mass is 479 g/mol. The normalized spacial score (nSPS) is 11.2. The van der Waals surface area contributed by atoms with Crippen LogP contribution in [0.2, 0.25) is 0 Å². The van der Waals surface area contributed by atoms with Crippen molar-refractivity contribution >= 4 is 33.5 Å². The number of halogens is 1. The number of nitrogens with zero attached hydrogens (tertiary/aromatic N) is 2. The third-order valence-corrected chi connectivity index (χ3v) is 6.72. The van der Waals surface area contributed by atoms with Gasteiger partial charge in [0.2, 0.25) is 15.9 Å². The van der Waals surface area contributed by atoms with Crippen LogP contribution in [0.1, 0.15) is 24.2 Å². The molecule has 0 fully saturated rings. The Morgan fingerprint density at radius 3 is 2.27 bits per heavy atom. The van der Waals surface area contributed by atoms with E-state index >= 15 is 0 Å². The quantitative estimate of drug-likeness (QED) is 0.522. The lowest BCUT2D eigenvalue weighted by Gasteiger charge is -2.19. The second-order valence-corrected chi connectivity index (χ2v) is 8.94. The van der Waals surface area contributed by atoms with Gasteiger partial charge in [0, 0.05) is 25.8 Å². The number of hydrogen-bond donors (Lipinski definition) is 1. The van der Waals surface area contributed by atoms with Crippen molar-refractivity contribution in [1.82, 2.24) is 9.21 Å². The maximum atomic E-state index is 12.9. The van der Waals surface area contributed by atoms with Crippen molar-refractivity contribution in [2.24, 2.45) is 0 Å². The molecule has 2 aromatic carbocycles. The molecule has 0 aliphatic carbocycles. The van der Waals surface area contributed by atoms with Gasteiger partial charge in [-0.2, -0.15) is 4.31 Å². The number of esters is 1. The van der Waals surface area contributed by atoms with Crippen molar-refractivity contribution in [2.45, 2.75) is 18.7 Å². The molecule has 0 spiro atoms. The van der Waals surface area contributed by atoms with Crippen molar-refractivity contribution in [3.8, 4) is 0 Å². The standard InChI is InChI=1S/C22H26FN3O6S/c1-4-26(5-2)33(30,31)19-8-6-7-16(13-19)22(29)32-15-21(28)25(3)14-20(27)24-18-11-9-17(23)10-12-18/h6-13H,4-5,14-15H2,1-3H3,(H,24,27). The molecule has 0 heterocycles. The second-order valence-electron chi connectivity index (χ2n) is 7.00. The van der Waals surface area contributed by atoms with Crippen LogP contribution >= 0.6 is 0 Å². The van der Waals surface area contributed by atoms with Crippen LogP contribution in [0.25, 0.3) is 0 Å². The molecule has 0 aliphatic heterocycles. The number of sulfonamides is 1. The van der Waals surface area contributed by atoms with Gasteiger partial charge in [-0.15, -0.1) is 0 Å². The molecule has 0 unspecified atom stereocenters. The minimum absolute atomic E-state index is 0.0206. The lowest BCUT2D eigenvalue weighted by molar-refractivity contribution is -0.136. The minimum Gasteiger partial charge on any atom is -0.452 e. The van der Waals surface area contributed by atoms with E-state index in [0.29, 0.717) is 5.69 Å². The molecule has 0 saturated heterocycles. The van der Waals surface area contributed by atoms with Crippen LogP contribution in [0.15, 0.2) is 53.4 Å². The van der Waals surface area contributed by atoms with Crippen LogP contribution in [0.3, 0.4) is 0 Å². The molecular formula is C22H26FN3O6S. The highest BCUT2D eigenvalue weighted by molar-refractivity contribution is 7.89. The molecule has 178 valence electrons. The van der Waals surface area contributed by atoms with E-state index in [4.69, 9.17) is 4.74 Å². The highest BCUT2D eigenvalue weighted by Crippen LogP contribution is 2.17. The number of rotatable bonds is 10. The van der Waals surface area contributed by atoms with E-state index in [9.17, 15) is 27.2 Å². The molecule has 11 heteroatoms. The fraction of sp³-hybridized carbons (Fsp3) is 0.318. The Kier molecular flexibility index (Phi) is 9.06. The van der Waals surface area contributed by atoms with Crippen LogP contribution in [0.5, 0.6) is 0 Å². The van der Waals surface area contributed by atoms with E-state index in [2.05, 4.69) is 5.32 Å². The lowest BCUT2D eigenvalue weighted by atomic mass is 10.2. The summed E-state index contributed by atoms with van der Waals surface area (Å²) < 4.78 is 44.4.